The highest BCUT2D eigenvalue weighted by atomic mass is 32.1. The van der Waals surface area contributed by atoms with E-state index in [0.717, 1.165) is 15.3 Å². The Kier molecular flexibility index (Phi) is 2.41. The van der Waals surface area contributed by atoms with Crippen LogP contribution in [0.1, 0.15) is 23.5 Å². The van der Waals surface area contributed by atoms with Crippen LogP contribution in [0.4, 0.5) is 0 Å². The normalized spacial score (nSPS) is 11.7. The summed E-state index contributed by atoms with van der Waals surface area (Å²) in [5.41, 5.74) is 0.974. The van der Waals surface area contributed by atoms with Crippen LogP contribution in [0, 0.1) is 0 Å². The highest BCUT2D eigenvalue weighted by molar-refractivity contribution is 7.21. The van der Waals surface area contributed by atoms with E-state index in [0.29, 0.717) is 4.88 Å². The van der Waals surface area contributed by atoms with E-state index in [2.05, 4.69) is 4.98 Å². The summed E-state index contributed by atoms with van der Waals surface area (Å²) in [6.07, 6.45) is 1.86. The maximum atomic E-state index is 11.8. The number of thiophene rings is 1. The van der Waals surface area contributed by atoms with Gasteiger partial charge in [0.05, 0.1) is 11.6 Å². The second kappa shape index (κ2) is 3.82. The zero-order chi connectivity index (χ0) is 12.0. The molecule has 88 valence electrons. The van der Waals surface area contributed by atoms with E-state index in [1.54, 1.807) is 11.3 Å². The van der Waals surface area contributed by atoms with Gasteiger partial charge in [-0.15, -0.1) is 22.7 Å². The number of thiazole rings is 1. The lowest BCUT2D eigenvalue weighted by molar-refractivity contribution is 0.0384. The molecule has 0 aromatic carbocycles. The molecule has 0 unspecified atom stereocenters. The summed E-state index contributed by atoms with van der Waals surface area (Å²) in [6.45, 7) is 3.69. The van der Waals surface area contributed by atoms with Gasteiger partial charge in [-0.3, -0.25) is 4.40 Å². The maximum Gasteiger partial charge on any atom is 0.348 e. The van der Waals surface area contributed by atoms with Crippen molar-refractivity contribution in [3.63, 3.8) is 0 Å². The third-order valence-corrected chi connectivity index (χ3v) is 4.04. The predicted molar refractivity (Wildman–Crippen MR) is 69.0 cm³/mol. The molecule has 0 atom stereocenters. The van der Waals surface area contributed by atoms with Gasteiger partial charge < -0.3 is 4.74 Å². The van der Waals surface area contributed by atoms with Gasteiger partial charge in [-0.05, 0) is 19.9 Å². The molecule has 3 aromatic rings. The van der Waals surface area contributed by atoms with Gasteiger partial charge >= 0.3 is 5.97 Å². The molecule has 0 radical (unpaired) electrons. The summed E-state index contributed by atoms with van der Waals surface area (Å²) in [5.74, 6) is -0.271. The molecule has 6 heteroatoms. The second-order valence-electron chi connectivity index (χ2n) is 3.92. The molecule has 0 saturated carbocycles. The Morgan fingerprint density at radius 3 is 3.12 bits per heavy atom. The van der Waals surface area contributed by atoms with Crippen LogP contribution < -0.4 is 0 Å². The highest BCUT2D eigenvalue weighted by Crippen LogP contribution is 2.28. The fourth-order valence-electron chi connectivity index (χ4n) is 1.62. The first-order chi connectivity index (χ1) is 8.15. The minimum absolute atomic E-state index is 0.0965. The van der Waals surface area contributed by atoms with Gasteiger partial charge in [0.2, 0.25) is 0 Å². The molecule has 3 aromatic heterocycles. The molecular weight excluding hydrogens is 256 g/mol. The number of carbonyl (C=O) groups is 1. The quantitative estimate of drug-likeness (QED) is 0.669. The summed E-state index contributed by atoms with van der Waals surface area (Å²) in [6, 6.07) is 1.84. The summed E-state index contributed by atoms with van der Waals surface area (Å²) < 4.78 is 7.15. The van der Waals surface area contributed by atoms with Gasteiger partial charge in [0.1, 0.15) is 9.71 Å². The van der Waals surface area contributed by atoms with Crippen molar-refractivity contribution in [2.75, 3.05) is 0 Å². The van der Waals surface area contributed by atoms with E-state index >= 15 is 0 Å². The Morgan fingerprint density at radius 1 is 1.53 bits per heavy atom. The molecule has 0 spiro atoms. The van der Waals surface area contributed by atoms with Crippen molar-refractivity contribution in [3.05, 3.63) is 22.5 Å². The SMILES string of the molecule is CC(C)OC(=O)c1cc2c(nc3sccn32)s1. The van der Waals surface area contributed by atoms with Gasteiger partial charge in [0.15, 0.2) is 4.96 Å². The fourth-order valence-corrected chi connectivity index (χ4v) is 3.30. The number of nitrogens with zero attached hydrogens (tertiary/aromatic N) is 2. The Morgan fingerprint density at radius 2 is 2.35 bits per heavy atom. The highest BCUT2D eigenvalue weighted by Gasteiger charge is 2.16. The van der Waals surface area contributed by atoms with E-state index < -0.39 is 0 Å². The standard InChI is InChI=1S/C11H10N2O2S2/c1-6(2)15-10(14)8-5-7-9(17-8)12-11-13(7)3-4-16-11/h3-6H,1-2H3. The number of esters is 1. The van der Waals surface area contributed by atoms with Crippen molar-refractivity contribution in [2.24, 2.45) is 0 Å². The number of aromatic nitrogens is 2. The number of hydrogen-bond acceptors (Lipinski definition) is 5. The lowest BCUT2D eigenvalue weighted by Gasteiger charge is -2.05. The summed E-state index contributed by atoms with van der Waals surface area (Å²) in [7, 11) is 0. The topological polar surface area (TPSA) is 43.6 Å². The van der Waals surface area contributed by atoms with Crippen molar-refractivity contribution in [3.8, 4) is 0 Å². The van der Waals surface area contributed by atoms with E-state index in [4.69, 9.17) is 4.74 Å². The van der Waals surface area contributed by atoms with Crippen molar-refractivity contribution in [1.29, 1.82) is 0 Å². The molecular formula is C11H10N2O2S2. The van der Waals surface area contributed by atoms with Crippen LogP contribution in [0.25, 0.3) is 15.3 Å². The largest absolute Gasteiger partial charge is 0.459 e. The smallest absolute Gasteiger partial charge is 0.348 e. The molecule has 4 nitrogen and oxygen atoms in total. The van der Waals surface area contributed by atoms with Gasteiger partial charge in [-0.2, -0.15) is 0 Å². The number of imidazole rings is 1. The number of rotatable bonds is 2. The van der Waals surface area contributed by atoms with Crippen LogP contribution in [-0.4, -0.2) is 21.5 Å². The van der Waals surface area contributed by atoms with Crippen LogP contribution in [0.3, 0.4) is 0 Å². The number of hydrogen-bond donors (Lipinski definition) is 0. The Hall–Kier alpha value is -1.40. The zero-order valence-corrected chi connectivity index (χ0v) is 11.0. The first kappa shape index (κ1) is 10.7. The molecule has 0 bridgehead atoms. The first-order valence-electron chi connectivity index (χ1n) is 5.21. The summed E-state index contributed by atoms with van der Waals surface area (Å²) in [4.78, 5) is 18.6. The third-order valence-electron chi connectivity index (χ3n) is 2.28. The van der Waals surface area contributed by atoms with Gasteiger partial charge in [0, 0.05) is 11.6 Å². The first-order valence-corrected chi connectivity index (χ1v) is 6.91. The van der Waals surface area contributed by atoms with Crippen LogP contribution in [0.5, 0.6) is 0 Å². The van der Waals surface area contributed by atoms with E-state index in [1.165, 1.54) is 11.3 Å². The third kappa shape index (κ3) is 1.73. The zero-order valence-electron chi connectivity index (χ0n) is 9.34. The molecule has 0 aliphatic carbocycles. The van der Waals surface area contributed by atoms with E-state index in [1.807, 2.05) is 35.9 Å². The molecule has 0 aliphatic heterocycles. The average molecular weight is 266 g/mol. The fraction of sp³-hybridized carbons (Fsp3) is 0.273. The lowest BCUT2D eigenvalue weighted by atomic mass is 10.4. The van der Waals surface area contributed by atoms with E-state index in [-0.39, 0.29) is 12.1 Å². The van der Waals surface area contributed by atoms with E-state index in [9.17, 15) is 4.79 Å². The molecule has 0 aliphatic rings. The molecule has 0 fully saturated rings. The summed E-state index contributed by atoms with van der Waals surface area (Å²) >= 11 is 2.96. The predicted octanol–water partition coefficient (Wildman–Crippen LogP) is 3.18. The van der Waals surface area contributed by atoms with Crippen LogP contribution >= 0.6 is 22.7 Å². The number of carbonyl (C=O) groups excluding carboxylic acids is 1. The Bertz CT molecular complexity index is 693. The molecule has 0 saturated heterocycles. The minimum Gasteiger partial charge on any atom is -0.459 e. The summed E-state index contributed by atoms with van der Waals surface area (Å²) in [5, 5.41) is 1.98. The van der Waals surface area contributed by atoms with Gasteiger partial charge in [-0.1, -0.05) is 0 Å². The molecule has 3 rings (SSSR count). The Balaban J connectivity index is 2.06. The number of ether oxygens (including phenoxy) is 1. The maximum absolute atomic E-state index is 11.8. The van der Waals surface area contributed by atoms with Crippen molar-refractivity contribution in [1.82, 2.24) is 9.38 Å². The molecule has 17 heavy (non-hydrogen) atoms. The Labute approximate surface area is 105 Å². The lowest BCUT2D eigenvalue weighted by Crippen LogP contribution is -2.09. The minimum atomic E-state index is -0.271. The van der Waals surface area contributed by atoms with Gasteiger partial charge in [-0.25, -0.2) is 9.78 Å². The van der Waals surface area contributed by atoms with Crippen LogP contribution in [0.15, 0.2) is 17.6 Å². The second-order valence-corrected chi connectivity index (χ2v) is 5.83. The number of fused-ring (bicyclic) bond motifs is 3. The molecule has 3 heterocycles. The van der Waals surface area contributed by atoms with Crippen molar-refractivity contribution >= 4 is 44.0 Å². The van der Waals surface area contributed by atoms with Crippen LogP contribution in [-0.2, 0) is 4.74 Å². The van der Waals surface area contributed by atoms with Crippen molar-refractivity contribution < 1.29 is 9.53 Å². The molecule has 0 amide bonds. The molecule has 0 N–H and O–H groups in total. The van der Waals surface area contributed by atoms with Crippen molar-refractivity contribution in [2.45, 2.75) is 20.0 Å². The van der Waals surface area contributed by atoms with Gasteiger partial charge in [0.25, 0.3) is 0 Å². The average Bonchev–Trinajstić information content (AvgIpc) is 2.85. The monoisotopic (exact) mass is 266 g/mol. The van der Waals surface area contributed by atoms with Crippen LogP contribution in [0.2, 0.25) is 0 Å².